The number of allylic oxidation sites excluding steroid dienone is 4. The predicted octanol–water partition coefficient (Wildman–Crippen LogP) is 2.96. The van der Waals surface area contributed by atoms with Gasteiger partial charge in [-0.05, 0) is 48.3 Å². The maximum Gasteiger partial charge on any atom is 0.303 e. The van der Waals surface area contributed by atoms with E-state index >= 15 is 0 Å². The van der Waals surface area contributed by atoms with E-state index in [2.05, 4.69) is 15.9 Å². The van der Waals surface area contributed by atoms with Crippen molar-refractivity contribution in [2.45, 2.75) is 57.4 Å². The maximum absolute atomic E-state index is 13.6. The summed E-state index contributed by atoms with van der Waals surface area (Å²) >= 11 is 3.75. The SMILES string of the molecule is CC(=O)OCC(=O)[C@@]1(O)[C@H](C)C[C@H]2[C@@H]3C[C@@H](Br)C4=CC(=O)C=C[C@]4(C)[C@H]3C(=O)C[C@@]21C. The number of halogens is 1. The number of carbonyl (C=O) groups is 4. The van der Waals surface area contributed by atoms with Crippen molar-refractivity contribution >= 4 is 39.2 Å². The van der Waals surface area contributed by atoms with Crippen LogP contribution in [-0.2, 0) is 23.9 Å². The van der Waals surface area contributed by atoms with Crippen molar-refractivity contribution in [2.75, 3.05) is 6.61 Å². The van der Waals surface area contributed by atoms with Gasteiger partial charge in [-0.2, -0.15) is 0 Å². The molecule has 7 heteroatoms. The number of hydrogen-bond donors (Lipinski definition) is 1. The van der Waals surface area contributed by atoms with E-state index in [-0.39, 0.29) is 46.5 Å². The number of esters is 1. The molecule has 0 aromatic carbocycles. The van der Waals surface area contributed by atoms with Gasteiger partial charge in [0.25, 0.3) is 0 Å². The van der Waals surface area contributed by atoms with Crippen molar-refractivity contribution in [3.8, 4) is 0 Å². The average Bonchev–Trinajstić information content (AvgIpc) is 2.88. The van der Waals surface area contributed by atoms with Gasteiger partial charge >= 0.3 is 5.97 Å². The van der Waals surface area contributed by atoms with Crippen LogP contribution in [0.1, 0.15) is 47.0 Å². The molecule has 0 saturated heterocycles. The van der Waals surface area contributed by atoms with Gasteiger partial charge in [0.15, 0.2) is 12.4 Å². The average molecular weight is 493 g/mol. The van der Waals surface area contributed by atoms with Gasteiger partial charge in [0.05, 0.1) is 0 Å². The molecule has 0 unspecified atom stereocenters. The van der Waals surface area contributed by atoms with Crippen LogP contribution in [0.4, 0.5) is 0 Å². The zero-order valence-corrected chi connectivity index (χ0v) is 19.9. The molecule has 0 aliphatic heterocycles. The summed E-state index contributed by atoms with van der Waals surface area (Å²) in [6, 6.07) is 0. The lowest BCUT2D eigenvalue weighted by Gasteiger charge is -2.57. The summed E-state index contributed by atoms with van der Waals surface area (Å²) in [4.78, 5) is 49.9. The van der Waals surface area contributed by atoms with Gasteiger partial charge in [0, 0.05) is 34.9 Å². The third-order valence-corrected chi connectivity index (χ3v) is 9.52. The molecule has 0 bridgehead atoms. The minimum Gasteiger partial charge on any atom is -0.458 e. The second-order valence-electron chi connectivity index (χ2n) is 10.2. The van der Waals surface area contributed by atoms with Gasteiger partial charge in [0.2, 0.25) is 5.78 Å². The molecule has 0 radical (unpaired) electrons. The molecular weight excluding hydrogens is 464 g/mol. The van der Waals surface area contributed by atoms with E-state index < -0.39 is 34.8 Å². The first-order chi connectivity index (χ1) is 14.4. The first kappa shape index (κ1) is 22.6. The zero-order valence-electron chi connectivity index (χ0n) is 18.3. The van der Waals surface area contributed by atoms with E-state index in [9.17, 15) is 24.3 Å². The highest BCUT2D eigenvalue weighted by Gasteiger charge is 2.71. The van der Waals surface area contributed by atoms with Crippen LogP contribution in [0.2, 0.25) is 0 Å². The Labute approximate surface area is 190 Å². The van der Waals surface area contributed by atoms with Gasteiger partial charge in [-0.1, -0.05) is 42.8 Å². The largest absolute Gasteiger partial charge is 0.458 e. The molecule has 0 amide bonds. The third-order valence-electron chi connectivity index (χ3n) is 8.65. The minimum atomic E-state index is -1.73. The van der Waals surface area contributed by atoms with Crippen molar-refractivity contribution in [1.29, 1.82) is 0 Å². The Morgan fingerprint density at radius 1 is 1.26 bits per heavy atom. The first-order valence-electron chi connectivity index (χ1n) is 10.9. The quantitative estimate of drug-likeness (QED) is 0.480. The molecule has 4 aliphatic carbocycles. The molecule has 0 spiro atoms. The van der Waals surface area contributed by atoms with Crippen LogP contribution < -0.4 is 0 Å². The number of carbonyl (C=O) groups excluding carboxylic acids is 4. The molecule has 8 atom stereocenters. The van der Waals surface area contributed by atoms with Crippen LogP contribution in [0.5, 0.6) is 0 Å². The minimum absolute atomic E-state index is 0.0170. The monoisotopic (exact) mass is 492 g/mol. The Balaban J connectivity index is 1.75. The van der Waals surface area contributed by atoms with E-state index in [0.29, 0.717) is 12.8 Å². The maximum atomic E-state index is 13.6. The van der Waals surface area contributed by atoms with Gasteiger partial charge in [-0.15, -0.1) is 0 Å². The number of alkyl halides is 1. The van der Waals surface area contributed by atoms with Crippen molar-refractivity contribution in [3.05, 3.63) is 23.8 Å². The molecule has 0 aromatic heterocycles. The molecular formula is C24H29BrO6. The highest BCUT2D eigenvalue weighted by atomic mass is 79.9. The van der Waals surface area contributed by atoms with E-state index in [1.54, 1.807) is 12.2 Å². The summed E-state index contributed by atoms with van der Waals surface area (Å²) < 4.78 is 4.91. The standard InChI is InChI=1S/C24H29BrO6/c1-12-7-16-15-9-18(25)17-8-14(27)5-6-22(17,3)21(15)19(28)10-23(16,4)24(12,30)20(29)11-31-13(2)26/h5-6,8,12,15-16,18,21,30H,7,9-11H2,1-4H3/t12-,15+,16+,18-,21-,22+,23+,24+/m1/s1. The molecule has 31 heavy (non-hydrogen) atoms. The van der Waals surface area contributed by atoms with Gasteiger partial charge in [0.1, 0.15) is 11.4 Å². The Morgan fingerprint density at radius 2 is 1.94 bits per heavy atom. The van der Waals surface area contributed by atoms with Crippen LogP contribution in [0.3, 0.4) is 0 Å². The van der Waals surface area contributed by atoms with Crippen molar-refractivity contribution in [2.24, 2.45) is 34.5 Å². The lowest BCUT2D eigenvalue weighted by molar-refractivity contribution is -0.176. The van der Waals surface area contributed by atoms with E-state index in [1.807, 2.05) is 26.8 Å². The topological polar surface area (TPSA) is 97.7 Å². The number of ether oxygens (including phenoxy) is 1. The van der Waals surface area contributed by atoms with Crippen molar-refractivity contribution in [1.82, 2.24) is 0 Å². The van der Waals surface area contributed by atoms with Gasteiger partial charge < -0.3 is 9.84 Å². The number of aliphatic hydroxyl groups is 1. The van der Waals surface area contributed by atoms with E-state index in [4.69, 9.17) is 4.74 Å². The molecule has 4 rings (SSSR count). The normalized spacial score (nSPS) is 46.0. The fourth-order valence-corrected chi connectivity index (χ4v) is 8.31. The Hall–Kier alpha value is -1.60. The smallest absolute Gasteiger partial charge is 0.303 e. The lowest BCUT2D eigenvalue weighted by atomic mass is 9.46. The zero-order chi connectivity index (χ0) is 22.9. The molecule has 0 heterocycles. The number of Topliss-reactive ketones (excluding diaryl/α,β-unsaturated/α-hetero) is 2. The number of rotatable bonds is 3. The molecule has 0 aromatic rings. The molecule has 1 N–H and O–H groups in total. The van der Waals surface area contributed by atoms with Crippen LogP contribution in [-0.4, -0.2) is 45.5 Å². The summed E-state index contributed by atoms with van der Waals surface area (Å²) in [5.74, 6) is -1.90. The second-order valence-corrected chi connectivity index (χ2v) is 11.3. The summed E-state index contributed by atoms with van der Waals surface area (Å²) in [5, 5.41) is 11.7. The number of fused-ring (bicyclic) bond motifs is 5. The van der Waals surface area contributed by atoms with Crippen LogP contribution in [0.15, 0.2) is 23.8 Å². The fraction of sp³-hybridized carbons (Fsp3) is 0.667. The highest BCUT2D eigenvalue weighted by Crippen LogP contribution is 2.67. The van der Waals surface area contributed by atoms with E-state index in [1.165, 1.54) is 6.92 Å². The number of hydrogen-bond acceptors (Lipinski definition) is 6. The third kappa shape index (κ3) is 2.99. The summed E-state index contributed by atoms with van der Waals surface area (Å²) in [7, 11) is 0. The second kappa shape index (κ2) is 7.20. The Morgan fingerprint density at radius 3 is 2.58 bits per heavy atom. The molecule has 3 saturated carbocycles. The molecule has 6 nitrogen and oxygen atoms in total. The van der Waals surface area contributed by atoms with Crippen LogP contribution in [0, 0.1) is 34.5 Å². The van der Waals surface area contributed by atoms with Crippen LogP contribution >= 0.6 is 15.9 Å². The van der Waals surface area contributed by atoms with Gasteiger partial charge in [-0.3, -0.25) is 19.2 Å². The molecule has 168 valence electrons. The van der Waals surface area contributed by atoms with Crippen molar-refractivity contribution < 1.29 is 29.0 Å². The lowest BCUT2D eigenvalue weighted by Crippen LogP contribution is -2.62. The Bertz CT molecular complexity index is 936. The summed E-state index contributed by atoms with van der Waals surface area (Å²) in [6.45, 7) is 6.44. The summed E-state index contributed by atoms with van der Waals surface area (Å²) in [6.07, 6.45) is 6.43. The summed E-state index contributed by atoms with van der Waals surface area (Å²) in [5.41, 5.74) is -2.29. The van der Waals surface area contributed by atoms with E-state index in [0.717, 1.165) is 5.57 Å². The Kier molecular flexibility index (Phi) is 5.25. The van der Waals surface area contributed by atoms with Crippen molar-refractivity contribution in [3.63, 3.8) is 0 Å². The highest BCUT2D eigenvalue weighted by molar-refractivity contribution is 9.09. The van der Waals surface area contributed by atoms with Gasteiger partial charge in [-0.25, -0.2) is 0 Å². The predicted molar refractivity (Wildman–Crippen MR) is 116 cm³/mol. The molecule has 3 fully saturated rings. The first-order valence-corrected chi connectivity index (χ1v) is 11.8. The fourth-order valence-electron chi connectivity index (χ4n) is 7.25. The number of ketones is 3. The van der Waals surface area contributed by atoms with Crippen LogP contribution in [0.25, 0.3) is 0 Å². The molecule has 4 aliphatic rings.